The molecule has 9 heteroatoms. The van der Waals surface area contributed by atoms with Crippen molar-refractivity contribution in [2.75, 3.05) is 36.4 Å². The number of piperazine rings is 1. The fourth-order valence-corrected chi connectivity index (χ4v) is 3.75. The monoisotopic (exact) mass is 431 g/mol. The summed E-state index contributed by atoms with van der Waals surface area (Å²) in [5.74, 6) is -0.462. The Morgan fingerprint density at radius 2 is 1.76 bits per heavy atom. The van der Waals surface area contributed by atoms with Gasteiger partial charge in [-0.2, -0.15) is 0 Å². The number of aromatic nitrogens is 1. The number of hydrogen-bond donors (Lipinski definition) is 3. The van der Waals surface area contributed by atoms with Gasteiger partial charge in [0, 0.05) is 37.6 Å². The van der Waals surface area contributed by atoms with Crippen molar-refractivity contribution in [2.45, 2.75) is 0 Å². The third kappa shape index (κ3) is 4.17. The molecule has 0 radical (unpaired) electrons. The van der Waals surface area contributed by atoms with Gasteiger partial charge in [-0.05, 0) is 36.4 Å². The number of carbonyl (C=O) groups is 1. The molecule has 1 amide bonds. The van der Waals surface area contributed by atoms with Gasteiger partial charge in [0.1, 0.15) is 0 Å². The molecule has 0 spiro atoms. The van der Waals surface area contributed by atoms with Gasteiger partial charge in [0.2, 0.25) is 11.8 Å². The summed E-state index contributed by atoms with van der Waals surface area (Å²) in [5.41, 5.74) is 7.72. The molecule has 0 saturated carbocycles. The normalized spacial score (nSPS) is 14.1. The van der Waals surface area contributed by atoms with Crippen LogP contribution >= 0.6 is 23.2 Å². The van der Waals surface area contributed by atoms with E-state index in [0.29, 0.717) is 15.6 Å². The van der Waals surface area contributed by atoms with E-state index in [9.17, 15) is 4.79 Å². The molecule has 1 aliphatic rings. The fraction of sp³-hybridized carbons (Fsp3) is 0.200. The van der Waals surface area contributed by atoms with Gasteiger partial charge in [0.05, 0.1) is 15.6 Å². The SMILES string of the molecule is NC(=O)c1nc(-c2c(Cl)cccc2Cl)oc1Nc1ccc(N2CCNCC2)cc1. The first-order valence-electron chi connectivity index (χ1n) is 9.10. The second kappa shape index (κ2) is 8.32. The van der Waals surface area contributed by atoms with Gasteiger partial charge < -0.3 is 25.7 Å². The highest BCUT2D eigenvalue weighted by atomic mass is 35.5. The topological polar surface area (TPSA) is 96.4 Å². The predicted molar refractivity (Wildman–Crippen MR) is 115 cm³/mol. The minimum atomic E-state index is -0.719. The zero-order valence-corrected chi connectivity index (χ0v) is 16.9. The zero-order valence-electron chi connectivity index (χ0n) is 15.4. The highest BCUT2D eigenvalue weighted by molar-refractivity contribution is 6.38. The zero-order chi connectivity index (χ0) is 20.4. The molecule has 4 rings (SSSR count). The van der Waals surface area contributed by atoms with Gasteiger partial charge >= 0.3 is 0 Å². The maximum atomic E-state index is 11.9. The number of halogens is 2. The van der Waals surface area contributed by atoms with Crippen LogP contribution in [0.3, 0.4) is 0 Å². The molecule has 1 saturated heterocycles. The van der Waals surface area contributed by atoms with E-state index >= 15 is 0 Å². The summed E-state index contributed by atoms with van der Waals surface area (Å²) < 4.78 is 5.76. The van der Waals surface area contributed by atoms with Gasteiger partial charge in [-0.15, -0.1) is 0 Å². The summed E-state index contributed by atoms with van der Waals surface area (Å²) in [6.07, 6.45) is 0. The third-order valence-corrected chi connectivity index (χ3v) is 5.27. The molecule has 0 bridgehead atoms. The minimum absolute atomic E-state index is 0.0258. The highest BCUT2D eigenvalue weighted by Crippen LogP contribution is 2.37. The summed E-state index contributed by atoms with van der Waals surface area (Å²) >= 11 is 12.5. The van der Waals surface area contributed by atoms with E-state index in [2.05, 4.69) is 20.5 Å². The molecule has 4 N–H and O–H groups in total. The van der Waals surface area contributed by atoms with Crippen LogP contribution in [-0.2, 0) is 0 Å². The molecule has 3 aromatic rings. The van der Waals surface area contributed by atoms with Crippen molar-refractivity contribution in [3.8, 4) is 11.5 Å². The van der Waals surface area contributed by atoms with Crippen LogP contribution in [0.2, 0.25) is 10.0 Å². The number of nitrogens with two attached hydrogens (primary N) is 1. The molecule has 0 atom stereocenters. The Kier molecular flexibility index (Phi) is 5.62. The lowest BCUT2D eigenvalue weighted by Crippen LogP contribution is -2.43. The van der Waals surface area contributed by atoms with E-state index in [4.69, 9.17) is 33.4 Å². The van der Waals surface area contributed by atoms with Crippen LogP contribution in [0.5, 0.6) is 0 Å². The van der Waals surface area contributed by atoms with Crippen LogP contribution in [0.4, 0.5) is 17.3 Å². The van der Waals surface area contributed by atoms with E-state index < -0.39 is 5.91 Å². The Labute approximate surface area is 177 Å². The Balaban J connectivity index is 1.61. The lowest BCUT2D eigenvalue weighted by molar-refractivity contribution is 0.0996. The van der Waals surface area contributed by atoms with Crippen LogP contribution in [0.1, 0.15) is 10.5 Å². The molecule has 1 fully saturated rings. The molecule has 150 valence electrons. The average molecular weight is 432 g/mol. The number of anilines is 3. The van der Waals surface area contributed by atoms with E-state index in [1.807, 2.05) is 24.3 Å². The quantitative estimate of drug-likeness (QED) is 0.566. The molecule has 1 aromatic heterocycles. The van der Waals surface area contributed by atoms with E-state index in [1.54, 1.807) is 18.2 Å². The van der Waals surface area contributed by atoms with E-state index in [1.165, 1.54) is 0 Å². The molecule has 0 aliphatic carbocycles. The largest absolute Gasteiger partial charge is 0.419 e. The van der Waals surface area contributed by atoms with Gasteiger partial charge in [-0.1, -0.05) is 29.3 Å². The Bertz CT molecular complexity index is 1010. The molecule has 2 aromatic carbocycles. The molecule has 29 heavy (non-hydrogen) atoms. The second-order valence-corrected chi connectivity index (χ2v) is 7.38. The summed E-state index contributed by atoms with van der Waals surface area (Å²) in [6, 6.07) is 12.9. The Hall–Kier alpha value is -2.74. The number of rotatable bonds is 5. The minimum Gasteiger partial charge on any atom is -0.419 e. The summed E-state index contributed by atoms with van der Waals surface area (Å²) in [4.78, 5) is 18.4. The van der Waals surface area contributed by atoms with E-state index in [0.717, 1.165) is 37.6 Å². The number of benzene rings is 2. The maximum absolute atomic E-state index is 11.9. The standard InChI is InChI=1S/C20H19Cl2N5O2/c21-14-2-1-3-15(22)16(14)19-26-17(18(23)28)20(29-19)25-12-4-6-13(7-5-12)27-10-8-24-9-11-27/h1-7,24-25H,8-11H2,(H2,23,28). The molecular weight excluding hydrogens is 413 g/mol. The van der Waals surface area contributed by atoms with Crippen molar-refractivity contribution in [1.82, 2.24) is 10.3 Å². The first kappa shape index (κ1) is 19.6. The first-order valence-corrected chi connectivity index (χ1v) is 9.86. The number of nitrogens with one attached hydrogen (secondary N) is 2. The Morgan fingerprint density at radius 1 is 1.10 bits per heavy atom. The number of hydrogen-bond acceptors (Lipinski definition) is 6. The van der Waals surface area contributed by atoms with Gasteiger partial charge in [-0.3, -0.25) is 4.79 Å². The number of primary amides is 1. The van der Waals surface area contributed by atoms with Crippen molar-refractivity contribution >= 4 is 46.4 Å². The number of oxazole rings is 1. The Morgan fingerprint density at radius 3 is 2.38 bits per heavy atom. The van der Waals surface area contributed by atoms with Gasteiger partial charge in [-0.25, -0.2) is 4.98 Å². The number of nitrogens with zero attached hydrogens (tertiary/aromatic N) is 2. The number of carbonyl (C=O) groups excluding carboxylic acids is 1. The van der Waals surface area contributed by atoms with Crippen molar-refractivity contribution in [3.63, 3.8) is 0 Å². The van der Waals surface area contributed by atoms with E-state index in [-0.39, 0.29) is 17.5 Å². The average Bonchev–Trinajstić information content (AvgIpc) is 3.13. The van der Waals surface area contributed by atoms with Gasteiger partial charge in [0.25, 0.3) is 5.91 Å². The smallest absolute Gasteiger partial charge is 0.273 e. The van der Waals surface area contributed by atoms with Crippen LogP contribution in [0.25, 0.3) is 11.5 Å². The first-order chi connectivity index (χ1) is 14.0. The predicted octanol–water partition coefficient (Wildman–Crippen LogP) is 3.90. The summed E-state index contributed by atoms with van der Waals surface area (Å²) in [5, 5.41) is 7.12. The van der Waals surface area contributed by atoms with Gasteiger partial charge in [0.15, 0.2) is 5.69 Å². The lowest BCUT2D eigenvalue weighted by atomic mass is 10.2. The maximum Gasteiger partial charge on any atom is 0.273 e. The van der Waals surface area contributed by atoms with Crippen LogP contribution in [0.15, 0.2) is 46.9 Å². The third-order valence-electron chi connectivity index (χ3n) is 4.64. The summed E-state index contributed by atoms with van der Waals surface area (Å²) in [6.45, 7) is 3.85. The molecular formula is C20H19Cl2N5O2. The highest BCUT2D eigenvalue weighted by Gasteiger charge is 2.22. The molecule has 0 unspecified atom stereocenters. The number of amides is 1. The lowest BCUT2D eigenvalue weighted by Gasteiger charge is -2.29. The fourth-order valence-electron chi connectivity index (χ4n) is 3.19. The van der Waals surface area contributed by atoms with Crippen molar-refractivity contribution in [1.29, 1.82) is 0 Å². The molecule has 7 nitrogen and oxygen atoms in total. The summed E-state index contributed by atoms with van der Waals surface area (Å²) in [7, 11) is 0. The second-order valence-electron chi connectivity index (χ2n) is 6.57. The van der Waals surface area contributed by atoms with Crippen molar-refractivity contribution < 1.29 is 9.21 Å². The van der Waals surface area contributed by atoms with Crippen LogP contribution < -0.4 is 21.3 Å². The van der Waals surface area contributed by atoms with Crippen LogP contribution in [-0.4, -0.2) is 37.1 Å². The molecule has 1 aliphatic heterocycles. The van der Waals surface area contributed by atoms with Crippen molar-refractivity contribution in [3.05, 3.63) is 58.2 Å². The van der Waals surface area contributed by atoms with Crippen molar-refractivity contribution in [2.24, 2.45) is 5.73 Å². The van der Waals surface area contributed by atoms with Crippen LogP contribution in [0, 0.1) is 0 Å². The molecule has 2 heterocycles.